The Morgan fingerprint density at radius 3 is 2.32 bits per heavy atom. The van der Waals surface area contributed by atoms with E-state index < -0.39 is 23.0 Å². The summed E-state index contributed by atoms with van der Waals surface area (Å²) in [4.78, 5) is 26.7. The molecule has 0 aromatic heterocycles. The van der Waals surface area contributed by atoms with Gasteiger partial charge in [-0.2, -0.15) is 0 Å². The van der Waals surface area contributed by atoms with Gasteiger partial charge < -0.3 is 14.4 Å². The smallest absolute Gasteiger partial charge is 0.412 e. The van der Waals surface area contributed by atoms with Crippen molar-refractivity contribution in [3.8, 4) is 5.75 Å². The Bertz CT molecular complexity index is 807. The van der Waals surface area contributed by atoms with Crippen LogP contribution in [0.15, 0.2) is 12.1 Å². The Hall–Kier alpha value is -2.38. The van der Waals surface area contributed by atoms with Crippen molar-refractivity contribution < 1.29 is 27.8 Å². The molecule has 2 amide bonds. The van der Waals surface area contributed by atoms with Crippen LogP contribution in [0.2, 0.25) is 0 Å². The number of nitrogens with zero attached hydrogens (tertiary/aromatic N) is 1. The van der Waals surface area contributed by atoms with Gasteiger partial charge in [0.1, 0.15) is 11.4 Å². The lowest BCUT2D eigenvalue weighted by Crippen LogP contribution is -2.44. The van der Waals surface area contributed by atoms with Gasteiger partial charge in [0.25, 0.3) is 0 Å². The first kappa shape index (κ1) is 20.4. The van der Waals surface area contributed by atoms with Crippen LogP contribution in [-0.2, 0) is 14.9 Å². The van der Waals surface area contributed by atoms with Gasteiger partial charge in [-0.1, -0.05) is 0 Å². The summed E-state index contributed by atoms with van der Waals surface area (Å²) < 4.78 is 38.3. The Morgan fingerprint density at radius 1 is 1.18 bits per heavy atom. The van der Waals surface area contributed by atoms with Gasteiger partial charge in [0.05, 0.1) is 18.2 Å². The molecule has 1 heterocycles. The van der Waals surface area contributed by atoms with Crippen LogP contribution in [-0.4, -0.2) is 37.7 Å². The average Bonchev–Trinajstić information content (AvgIpc) is 2.77. The van der Waals surface area contributed by atoms with Crippen molar-refractivity contribution in [2.75, 3.05) is 24.4 Å². The molecular formula is C20H26F2N2O4. The van der Waals surface area contributed by atoms with Gasteiger partial charge in [-0.25, -0.2) is 13.6 Å². The molecule has 0 radical (unpaired) electrons. The van der Waals surface area contributed by atoms with Crippen molar-refractivity contribution in [3.05, 3.63) is 17.7 Å². The van der Waals surface area contributed by atoms with E-state index in [0.29, 0.717) is 22.7 Å². The molecule has 6 nitrogen and oxygen atoms in total. The number of likely N-dealkylation sites (N-methyl/N-ethyl adjacent to an activating group) is 1. The number of anilines is 2. The van der Waals surface area contributed by atoms with Crippen molar-refractivity contribution in [1.82, 2.24) is 0 Å². The summed E-state index contributed by atoms with van der Waals surface area (Å²) in [7, 11) is 3.08. The highest BCUT2D eigenvalue weighted by Gasteiger charge is 2.55. The second-order valence-electron chi connectivity index (χ2n) is 8.50. The second-order valence-corrected chi connectivity index (χ2v) is 8.50. The molecule has 28 heavy (non-hydrogen) atoms. The van der Waals surface area contributed by atoms with Crippen LogP contribution in [0, 0.1) is 0 Å². The zero-order valence-corrected chi connectivity index (χ0v) is 16.8. The van der Waals surface area contributed by atoms with E-state index in [0.717, 1.165) is 0 Å². The number of rotatable bonds is 2. The van der Waals surface area contributed by atoms with E-state index in [-0.39, 0.29) is 31.6 Å². The molecule has 1 aliphatic carbocycles. The van der Waals surface area contributed by atoms with Gasteiger partial charge in [-0.05, 0) is 45.2 Å². The lowest BCUT2D eigenvalue weighted by Gasteiger charge is -2.36. The minimum Gasteiger partial charge on any atom is -0.494 e. The van der Waals surface area contributed by atoms with E-state index in [4.69, 9.17) is 9.47 Å². The molecule has 1 fully saturated rings. The molecule has 1 N–H and O–H groups in total. The summed E-state index contributed by atoms with van der Waals surface area (Å²) in [5, 5.41) is 2.65. The highest BCUT2D eigenvalue weighted by Crippen LogP contribution is 2.55. The average molecular weight is 396 g/mol. The molecule has 2 aliphatic rings. The van der Waals surface area contributed by atoms with Gasteiger partial charge in [0, 0.05) is 31.6 Å². The van der Waals surface area contributed by atoms with Gasteiger partial charge in [-0.15, -0.1) is 0 Å². The molecule has 1 spiro atoms. The Morgan fingerprint density at radius 2 is 1.79 bits per heavy atom. The zero-order valence-electron chi connectivity index (χ0n) is 16.8. The summed E-state index contributed by atoms with van der Waals surface area (Å²) in [6, 6.07) is 3.27. The SMILES string of the molecule is COc1cc(NC(=O)OC(C)(C)C)cc2c1N(C)C(=O)C21CCC(F)(F)CC1. The van der Waals surface area contributed by atoms with Crippen molar-refractivity contribution in [2.45, 2.75) is 63.4 Å². The lowest BCUT2D eigenvalue weighted by molar-refractivity contribution is -0.127. The number of amides is 2. The summed E-state index contributed by atoms with van der Waals surface area (Å²) in [6.45, 7) is 5.25. The maximum atomic E-state index is 13.8. The van der Waals surface area contributed by atoms with E-state index in [2.05, 4.69) is 5.32 Å². The van der Waals surface area contributed by atoms with Crippen LogP contribution in [0.4, 0.5) is 25.0 Å². The van der Waals surface area contributed by atoms with Gasteiger partial charge >= 0.3 is 6.09 Å². The third-order valence-corrected chi connectivity index (χ3v) is 5.34. The van der Waals surface area contributed by atoms with E-state index >= 15 is 0 Å². The number of halogens is 2. The van der Waals surface area contributed by atoms with E-state index in [1.165, 1.54) is 12.0 Å². The number of hydrogen-bond donors (Lipinski definition) is 1. The van der Waals surface area contributed by atoms with Gasteiger partial charge in [0.2, 0.25) is 11.8 Å². The van der Waals surface area contributed by atoms with Crippen LogP contribution in [0.5, 0.6) is 5.75 Å². The molecule has 0 saturated heterocycles. The first-order valence-corrected chi connectivity index (χ1v) is 9.27. The number of fused-ring (bicyclic) bond motifs is 2. The fourth-order valence-corrected chi connectivity index (χ4v) is 4.03. The third kappa shape index (κ3) is 3.52. The fourth-order valence-electron chi connectivity index (χ4n) is 4.03. The number of hydrogen-bond acceptors (Lipinski definition) is 4. The molecule has 3 rings (SSSR count). The maximum absolute atomic E-state index is 13.8. The fraction of sp³-hybridized carbons (Fsp3) is 0.600. The highest BCUT2D eigenvalue weighted by atomic mass is 19.3. The molecule has 1 aromatic rings. The molecule has 1 saturated carbocycles. The number of carbonyl (C=O) groups is 2. The molecule has 0 atom stereocenters. The first-order chi connectivity index (χ1) is 12.9. The van der Waals surface area contributed by atoms with Gasteiger partial charge in [-0.3, -0.25) is 10.1 Å². The topological polar surface area (TPSA) is 67.9 Å². The second kappa shape index (κ2) is 6.60. The molecule has 8 heteroatoms. The monoisotopic (exact) mass is 396 g/mol. The van der Waals surface area contributed by atoms with Crippen LogP contribution in [0.1, 0.15) is 52.0 Å². The molecule has 0 unspecified atom stereocenters. The lowest BCUT2D eigenvalue weighted by atomic mass is 9.69. The largest absolute Gasteiger partial charge is 0.494 e. The van der Waals surface area contributed by atoms with Crippen molar-refractivity contribution in [1.29, 1.82) is 0 Å². The number of ether oxygens (including phenoxy) is 2. The maximum Gasteiger partial charge on any atom is 0.412 e. The Labute approximate surface area is 163 Å². The molecule has 154 valence electrons. The summed E-state index contributed by atoms with van der Waals surface area (Å²) in [6.07, 6.45) is -1.24. The summed E-state index contributed by atoms with van der Waals surface area (Å²) in [5.41, 5.74) is -0.125. The number of benzene rings is 1. The minimum atomic E-state index is -2.76. The van der Waals surface area contributed by atoms with Crippen LogP contribution in [0.25, 0.3) is 0 Å². The first-order valence-electron chi connectivity index (χ1n) is 9.27. The predicted molar refractivity (Wildman–Crippen MR) is 101 cm³/mol. The van der Waals surface area contributed by atoms with Gasteiger partial charge in [0.15, 0.2) is 0 Å². The van der Waals surface area contributed by atoms with Crippen LogP contribution in [0.3, 0.4) is 0 Å². The minimum absolute atomic E-state index is 0.0508. The third-order valence-electron chi connectivity index (χ3n) is 5.34. The molecule has 0 bridgehead atoms. The Kier molecular flexibility index (Phi) is 4.80. The van der Waals surface area contributed by atoms with Crippen LogP contribution < -0.4 is 15.0 Å². The zero-order chi connectivity index (χ0) is 20.9. The van der Waals surface area contributed by atoms with E-state index in [9.17, 15) is 18.4 Å². The number of carbonyl (C=O) groups excluding carboxylic acids is 2. The summed E-state index contributed by atoms with van der Waals surface area (Å²) >= 11 is 0. The van der Waals surface area contributed by atoms with E-state index in [1.807, 2.05) is 0 Å². The van der Waals surface area contributed by atoms with Crippen molar-refractivity contribution in [2.24, 2.45) is 0 Å². The molecular weight excluding hydrogens is 370 g/mol. The molecule has 1 aromatic carbocycles. The Balaban J connectivity index is 2.01. The quantitative estimate of drug-likeness (QED) is 0.801. The highest BCUT2D eigenvalue weighted by molar-refractivity contribution is 6.10. The number of methoxy groups -OCH3 is 1. The standard InChI is InChI=1S/C20H26F2N2O4/c1-18(2,3)28-17(26)23-12-10-13-15(14(11-12)27-5)24(4)16(25)19(13)6-8-20(21,22)9-7-19/h10-11H,6-9H2,1-5H3,(H,23,26). The number of alkyl halides is 2. The van der Waals surface area contributed by atoms with Crippen molar-refractivity contribution in [3.63, 3.8) is 0 Å². The van der Waals surface area contributed by atoms with Crippen LogP contribution >= 0.6 is 0 Å². The normalized spacial score (nSPS) is 20.1. The van der Waals surface area contributed by atoms with E-state index in [1.54, 1.807) is 40.0 Å². The van der Waals surface area contributed by atoms with Crippen molar-refractivity contribution >= 4 is 23.4 Å². The molecule has 1 aliphatic heterocycles. The summed E-state index contributed by atoms with van der Waals surface area (Å²) in [5.74, 6) is -2.58. The number of nitrogens with one attached hydrogen (secondary N) is 1. The predicted octanol–water partition coefficient (Wildman–Crippen LogP) is 4.47.